The fraction of sp³-hybridized carbons (Fsp3) is 0.944. The van der Waals surface area contributed by atoms with Crippen LogP contribution in [0, 0.1) is 11.3 Å². The summed E-state index contributed by atoms with van der Waals surface area (Å²) in [5.41, 5.74) is -0.0659. The van der Waals surface area contributed by atoms with Gasteiger partial charge in [-0.05, 0) is 50.9 Å². The maximum atomic E-state index is 13.1. The van der Waals surface area contributed by atoms with Crippen molar-refractivity contribution in [3.8, 4) is 0 Å². The molecule has 2 aliphatic carbocycles. The molecule has 2 nitrogen and oxygen atoms in total. The van der Waals surface area contributed by atoms with E-state index in [-0.39, 0.29) is 5.92 Å². The van der Waals surface area contributed by atoms with Gasteiger partial charge in [0.1, 0.15) is 5.60 Å². The third-order valence-corrected chi connectivity index (χ3v) is 5.51. The second kappa shape index (κ2) is 6.60. The van der Waals surface area contributed by atoms with E-state index >= 15 is 0 Å². The highest BCUT2D eigenvalue weighted by molar-refractivity contribution is 5.89. The molecule has 2 heteroatoms. The third kappa shape index (κ3) is 3.63. The number of carbonyl (C=O) groups excluding carboxylic acids is 1. The lowest BCUT2D eigenvalue weighted by Crippen LogP contribution is -2.49. The molecule has 2 aliphatic rings. The fourth-order valence-electron chi connectivity index (χ4n) is 3.98. The van der Waals surface area contributed by atoms with Crippen LogP contribution in [0.1, 0.15) is 85.0 Å². The van der Waals surface area contributed by atoms with Crippen LogP contribution in [0.15, 0.2) is 0 Å². The van der Waals surface area contributed by atoms with Crippen molar-refractivity contribution < 1.29 is 9.53 Å². The molecule has 0 aromatic heterocycles. The Morgan fingerprint density at radius 1 is 1.00 bits per heavy atom. The van der Waals surface area contributed by atoms with E-state index in [9.17, 15) is 4.79 Å². The quantitative estimate of drug-likeness (QED) is 0.684. The standard InChI is InChI=1S/C18H32O2/c1-4-20-18(13-11-17(2,3)12-14-18)16(19)15-9-7-5-6-8-10-15/h15H,4-14H2,1-3H3. The van der Waals surface area contributed by atoms with Gasteiger partial charge in [-0.25, -0.2) is 0 Å². The summed E-state index contributed by atoms with van der Waals surface area (Å²) in [5.74, 6) is 0.710. The van der Waals surface area contributed by atoms with E-state index in [2.05, 4.69) is 13.8 Å². The molecule has 0 amide bonds. The molecule has 0 radical (unpaired) electrons. The molecule has 2 rings (SSSR count). The molecule has 2 saturated carbocycles. The van der Waals surface area contributed by atoms with Gasteiger partial charge in [-0.2, -0.15) is 0 Å². The number of rotatable bonds is 4. The molecule has 0 unspecified atom stereocenters. The van der Waals surface area contributed by atoms with Crippen LogP contribution in [0.2, 0.25) is 0 Å². The Morgan fingerprint density at radius 2 is 1.55 bits per heavy atom. The Bertz CT molecular complexity index is 314. The second-order valence-corrected chi connectivity index (χ2v) is 7.64. The maximum Gasteiger partial charge on any atom is 0.167 e. The van der Waals surface area contributed by atoms with E-state index in [4.69, 9.17) is 4.74 Å². The van der Waals surface area contributed by atoms with Crippen LogP contribution in [-0.4, -0.2) is 18.0 Å². The summed E-state index contributed by atoms with van der Waals surface area (Å²) >= 11 is 0. The molecule has 0 aromatic carbocycles. The minimum Gasteiger partial charge on any atom is -0.367 e. The highest BCUT2D eigenvalue weighted by Crippen LogP contribution is 2.44. The average Bonchev–Trinajstić information content (AvgIpc) is 2.70. The molecule has 2 fully saturated rings. The Labute approximate surface area is 124 Å². The average molecular weight is 280 g/mol. The van der Waals surface area contributed by atoms with Crippen molar-refractivity contribution in [2.75, 3.05) is 6.61 Å². The van der Waals surface area contributed by atoms with Crippen molar-refractivity contribution in [2.24, 2.45) is 11.3 Å². The first-order valence-corrected chi connectivity index (χ1v) is 8.67. The van der Waals surface area contributed by atoms with Crippen LogP contribution in [0.4, 0.5) is 0 Å². The number of hydrogen-bond acceptors (Lipinski definition) is 2. The summed E-state index contributed by atoms with van der Waals surface area (Å²) in [5, 5.41) is 0. The van der Waals surface area contributed by atoms with Gasteiger partial charge in [0.25, 0.3) is 0 Å². The van der Waals surface area contributed by atoms with E-state index in [1.807, 2.05) is 6.92 Å². The van der Waals surface area contributed by atoms with Crippen LogP contribution in [0.3, 0.4) is 0 Å². The van der Waals surface area contributed by atoms with Crippen LogP contribution in [0.5, 0.6) is 0 Å². The first-order valence-electron chi connectivity index (χ1n) is 8.67. The zero-order valence-corrected chi connectivity index (χ0v) is 13.7. The van der Waals surface area contributed by atoms with Crippen molar-refractivity contribution in [1.82, 2.24) is 0 Å². The number of ketones is 1. The smallest absolute Gasteiger partial charge is 0.167 e. The first kappa shape index (κ1) is 16.0. The summed E-state index contributed by atoms with van der Waals surface area (Å²) in [6.45, 7) is 7.33. The Morgan fingerprint density at radius 3 is 2.05 bits per heavy atom. The van der Waals surface area contributed by atoms with Crippen LogP contribution >= 0.6 is 0 Å². The summed E-state index contributed by atoms with van der Waals surface area (Å²) in [7, 11) is 0. The third-order valence-electron chi connectivity index (χ3n) is 5.51. The van der Waals surface area contributed by atoms with Gasteiger partial charge in [0.2, 0.25) is 0 Å². The van der Waals surface area contributed by atoms with E-state index in [0.717, 1.165) is 38.5 Å². The maximum absolute atomic E-state index is 13.1. The molecule has 0 spiro atoms. The number of carbonyl (C=O) groups is 1. The van der Waals surface area contributed by atoms with E-state index < -0.39 is 5.60 Å². The fourth-order valence-corrected chi connectivity index (χ4v) is 3.98. The van der Waals surface area contributed by atoms with Crippen molar-refractivity contribution >= 4 is 5.78 Å². The Hall–Kier alpha value is -0.370. The molecule has 20 heavy (non-hydrogen) atoms. The molecule has 0 aliphatic heterocycles. The highest BCUT2D eigenvalue weighted by atomic mass is 16.5. The van der Waals surface area contributed by atoms with Gasteiger partial charge in [-0.3, -0.25) is 4.79 Å². The van der Waals surface area contributed by atoms with Crippen LogP contribution in [0.25, 0.3) is 0 Å². The normalized spacial score (nSPS) is 26.9. The predicted molar refractivity (Wildman–Crippen MR) is 82.8 cm³/mol. The number of Topliss-reactive ketones (excluding diaryl/α,β-unsaturated/α-hetero) is 1. The molecule has 0 heterocycles. The molecule has 0 aromatic rings. The molecule has 0 saturated heterocycles. The number of ether oxygens (including phenoxy) is 1. The summed E-state index contributed by atoms with van der Waals surface area (Å²) < 4.78 is 6.07. The monoisotopic (exact) mass is 280 g/mol. The molecule has 116 valence electrons. The van der Waals surface area contributed by atoms with E-state index in [1.165, 1.54) is 25.7 Å². The summed E-state index contributed by atoms with van der Waals surface area (Å²) in [4.78, 5) is 13.1. The van der Waals surface area contributed by atoms with E-state index in [0.29, 0.717) is 17.8 Å². The zero-order chi connectivity index (χ0) is 14.6. The van der Waals surface area contributed by atoms with Gasteiger partial charge in [0.05, 0.1) is 0 Å². The Balaban J connectivity index is 2.09. The van der Waals surface area contributed by atoms with Gasteiger partial charge in [0, 0.05) is 12.5 Å². The van der Waals surface area contributed by atoms with Gasteiger partial charge in [-0.1, -0.05) is 39.5 Å². The van der Waals surface area contributed by atoms with Crippen molar-refractivity contribution in [3.63, 3.8) is 0 Å². The Kier molecular flexibility index (Phi) is 5.28. The van der Waals surface area contributed by atoms with Gasteiger partial charge < -0.3 is 4.74 Å². The largest absolute Gasteiger partial charge is 0.367 e. The van der Waals surface area contributed by atoms with Crippen molar-refractivity contribution in [1.29, 1.82) is 0 Å². The topological polar surface area (TPSA) is 26.3 Å². The summed E-state index contributed by atoms with van der Waals surface area (Å²) in [6, 6.07) is 0. The van der Waals surface area contributed by atoms with Crippen molar-refractivity contribution in [2.45, 2.75) is 90.6 Å². The molecular weight excluding hydrogens is 248 g/mol. The number of hydrogen-bond donors (Lipinski definition) is 0. The SMILES string of the molecule is CCOC1(C(=O)C2CCCCCC2)CCC(C)(C)CC1. The zero-order valence-electron chi connectivity index (χ0n) is 13.7. The molecular formula is C18H32O2. The lowest BCUT2D eigenvalue weighted by molar-refractivity contribution is -0.157. The minimum absolute atomic E-state index is 0.269. The predicted octanol–water partition coefficient (Wildman–Crippen LogP) is 4.90. The van der Waals surface area contributed by atoms with E-state index in [1.54, 1.807) is 0 Å². The molecule has 0 N–H and O–H groups in total. The van der Waals surface area contributed by atoms with Gasteiger partial charge >= 0.3 is 0 Å². The van der Waals surface area contributed by atoms with Gasteiger partial charge in [-0.15, -0.1) is 0 Å². The molecule has 0 atom stereocenters. The molecule has 0 bridgehead atoms. The minimum atomic E-state index is -0.445. The lowest BCUT2D eigenvalue weighted by Gasteiger charge is -2.43. The second-order valence-electron chi connectivity index (χ2n) is 7.64. The van der Waals surface area contributed by atoms with Gasteiger partial charge in [0.15, 0.2) is 5.78 Å². The van der Waals surface area contributed by atoms with Crippen LogP contribution in [-0.2, 0) is 9.53 Å². The van der Waals surface area contributed by atoms with Crippen molar-refractivity contribution in [3.05, 3.63) is 0 Å². The highest BCUT2D eigenvalue weighted by Gasteiger charge is 2.46. The van der Waals surface area contributed by atoms with Crippen LogP contribution < -0.4 is 0 Å². The first-order chi connectivity index (χ1) is 9.49. The summed E-state index contributed by atoms with van der Waals surface area (Å²) in [6.07, 6.45) is 11.3. The lowest BCUT2D eigenvalue weighted by atomic mass is 9.67.